The molecular weight excluding hydrogens is 426 g/mol. The van der Waals surface area contributed by atoms with Gasteiger partial charge in [0.2, 0.25) is 5.95 Å². The highest BCUT2D eigenvalue weighted by molar-refractivity contribution is 7.98. The molecule has 162 valence electrons. The number of nitrogens with one attached hydrogen (secondary N) is 3. The molecule has 2 saturated heterocycles. The first kappa shape index (κ1) is 20.3. The van der Waals surface area contributed by atoms with Gasteiger partial charge in [-0.25, -0.2) is 4.98 Å². The van der Waals surface area contributed by atoms with E-state index < -0.39 is 0 Å². The first-order valence-electron chi connectivity index (χ1n) is 10.3. The zero-order chi connectivity index (χ0) is 20.5. The molecule has 0 bridgehead atoms. The van der Waals surface area contributed by atoms with Crippen LogP contribution in [0.1, 0.15) is 25.7 Å². The topological polar surface area (TPSA) is 98.2 Å². The van der Waals surface area contributed by atoms with Gasteiger partial charge in [-0.2, -0.15) is 10.1 Å². The van der Waals surface area contributed by atoms with Crippen molar-refractivity contribution in [3.8, 4) is 0 Å². The zero-order valence-electron chi connectivity index (χ0n) is 16.8. The Kier molecular flexibility index (Phi) is 6.01. The summed E-state index contributed by atoms with van der Waals surface area (Å²) >= 11 is 8.20. The lowest BCUT2D eigenvalue weighted by Gasteiger charge is -2.20. The number of nitrogens with zero attached hydrogens (tertiary/aromatic N) is 4. The summed E-state index contributed by atoms with van der Waals surface area (Å²) in [5.74, 6) is 1.01. The second-order valence-electron chi connectivity index (χ2n) is 8.01. The van der Waals surface area contributed by atoms with E-state index in [-0.39, 0.29) is 24.3 Å². The van der Waals surface area contributed by atoms with Gasteiger partial charge in [-0.15, -0.1) is 0 Å². The summed E-state index contributed by atoms with van der Waals surface area (Å²) < 4.78 is 17.5. The monoisotopic (exact) mass is 451 g/mol. The molecule has 1 saturated carbocycles. The standard InChI is InChI=1S/C19H26ClN7O2S/c1-27-8-11(6-22-27)23-19-21-7-13(20)18(25-19)24-14-9-28-17-15(10-29-16(14)17)26-30-12-4-2-3-5-12/h6-8,12,14-17,26H,2-5,9-10H2,1H3,(H2,21,23,24,25)/t14?,15-,16?,17?/m0/s1. The van der Waals surface area contributed by atoms with E-state index in [1.165, 1.54) is 25.7 Å². The first-order chi connectivity index (χ1) is 14.7. The van der Waals surface area contributed by atoms with E-state index in [1.807, 2.05) is 25.2 Å². The van der Waals surface area contributed by atoms with Gasteiger partial charge in [0.1, 0.15) is 17.2 Å². The number of anilines is 3. The van der Waals surface area contributed by atoms with Gasteiger partial charge in [0, 0.05) is 18.5 Å². The first-order valence-corrected chi connectivity index (χ1v) is 11.6. The quantitative estimate of drug-likeness (QED) is 0.549. The van der Waals surface area contributed by atoms with Gasteiger partial charge in [0.25, 0.3) is 0 Å². The van der Waals surface area contributed by atoms with Crippen LogP contribution in [0.25, 0.3) is 0 Å². The molecule has 2 aromatic heterocycles. The molecule has 0 amide bonds. The van der Waals surface area contributed by atoms with Gasteiger partial charge < -0.3 is 20.1 Å². The number of rotatable bonds is 7. The summed E-state index contributed by atoms with van der Waals surface area (Å²) in [4.78, 5) is 8.78. The second-order valence-corrected chi connectivity index (χ2v) is 9.56. The summed E-state index contributed by atoms with van der Waals surface area (Å²) in [5.41, 5.74) is 0.808. The maximum Gasteiger partial charge on any atom is 0.229 e. The third-order valence-electron chi connectivity index (χ3n) is 5.77. The lowest BCUT2D eigenvalue weighted by molar-refractivity contribution is 0.0692. The van der Waals surface area contributed by atoms with Crippen molar-refractivity contribution < 1.29 is 9.47 Å². The Morgan fingerprint density at radius 3 is 2.67 bits per heavy atom. The van der Waals surface area contributed by atoms with Crippen LogP contribution in [0.3, 0.4) is 0 Å². The summed E-state index contributed by atoms with van der Waals surface area (Å²) in [6.45, 7) is 1.20. The summed E-state index contributed by atoms with van der Waals surface area (Å²) in [6, 6.07) is 0.188. The van der Waals surface area contributed by atoms with Crippen LogP contribution in [0.5, 0.6) is 0 Å². The summed E-state index contributed by atoms with van der Waals surface area (Å²) in [6.07, 6.45) is 10.4. The molecule has 11 heteroatoms. The predicted octanol–water partition coefficient (Wildman–Crippen LogP) is 2.73. The van der Waals surface area contributed by atoms with E-state index in [9.17, 15) is 0 Å². The van der Waals surface area contributed by atoms with Gasteiger partial charge >= 0.3 is 0 Å². The van der Waals surface area contributed by atoms with Crippen molar-refractivity contribution in [1.82, 2.24) is 24.5 Å². The van der Waals surface area contributed by atoms with Crippen LogP contribution >= 0.6 is 23.5 Å². The smallest absolute Gasteiger partial charge is 0.229 e. The number of aryl methyl sites for hydroxylation is 1. The molecule has 3 unspecified atom stereocenters. The minimum absolute atomic E-state index is 0.0167. The molecule has 1 aliphatic carbocycles. The van der Waals surface area contributed by atoms with Crippen LogP contribution in [-0.2, 0) is 16.5 Å². The van der Waals surface area contributed by atoms with Crippen LogP contribution in [-0.4, -0.2) is 62.5 Å². The fraction of sp³-hybridized carbons (Fsp3) is 0.632. The molecule has 2 aliphatic heterocycles. The Labute approximate surface area is 184 Å². The second kappa shape index (κ2) is 8.88. The van der Waals surface area contributed by atoms with Crippen molar-refractivity contribution in [3.05, 3.63) is 23.6 Å². The number of fused-ring (bicyclic) bond motifs is 1. The molecule has 9 nitrogen and oxygen atoms in total. The van der Waals surface area contributed by atoms with E-state index >= 15 is 0 Å². The Balaban J connectivity index is 1.20. The van der Waals surface area contributed by atoms with Crippen LogP contribution in [0.4, 0.5) is 17.5 Å². The molecule has 30 heavy (non-hydrogen) atoms. The number of halogens is 1. The van der Waals surface area contributed by atoms with Crippen LogP contribution in [0.15, 0.2) is 18.6 Å². The van der Waals surface area contributed by atoms with Crippen molar-refractivity contribution in [2.45, 2.75) is 55.2 Å². The molecular formula is C19H26ClN7O2S. The fourth-order valence-electron chi connectivity index (χ4n) is 4.23. The van der Waals surface area contributed by atoms with Crippen molar-refractivity contribution in [2.24, 2.45) is 7.05 Å². The van der Waals surface area contributed by atoms with Crippen molar-refractivity contribution in [1.29, 1.82) is 0 Å². The Bertz CT molecular complexity index is 878. The molecule has 4 heterocycles. The third-order valence-corrected chi connectivity index (χ3v) is 7.29. The number of hydrogen-bond donors (Lipinski definition) is 3. The molecule has 3 N–H and O–H groups in total. The molecule has 5 rings (SSSR count). The summed E-state index contributed by atoms with van der Waals surface area (Å²) in [5, 5.41) is 11.8. The van der Waals surface area contributed by atoms with Crippen molar-refractivity contribution in [3.63, 3.8) is 0 Å². The average molecular weight is 452 g/mol. The highest BCUT2D eigenvalue weighted by atomic mass is 35.5. The Morgan fingerprint density at radius 2 is 1.90 bits per heavy atom. The maximum absolute atomic E-state index is 6.35. The SMILES string of the molecule is Cn1cc(Nc2ncc(Cl)c(NC3COC4C3OC[C@@H]4NSC3CCCC3)n2)cn1. The van der Waals surface area contributed by atoms with Crippen LogP contribution < -0.4 is 15.4 Å². The Hall–Kier alpha value is -1.59. The lowest BCUT2D eigenvalue weighted by Crippen LogP contribution is -2.40. The van der Waals surface area contributed by atoms with Gasteiger partial charge in [-0.1, -0.05) is 36.4 Å². The zero-order valence-corrected chi connectivity index (χ0v) is 18.3. The molecule has 3 aliphatic rings. The third kappa shape index (κ3) is 4.38. The van der Waals surface area contributed by atoms with Crippen molar-refractivity contribution in [2.75, 3.05) is 23.8 Å². The predicted molar refractivity (Wildman–Crippen MR) is 117 cm³/mol. The maximum atomic E-state index is 6.35. The number of aromatic nitrogens is 4. The molecule has 0 spiro atoms. The van der Waals surface area contributed by atoms with E-state index in [0.29, 0.717) is 35.3 Å². The molecule has 3 fully saturated rings. The number of hydrogen-bond acceptors (Lipinski definition) is 9. The minimum atomic E-state index is -0.0348. The van der Waals surface area contributed by atoms with Crippen molar-refractivity contribution >= 4 is 41.0 Å². The van der Waals surface area contributed by atoms with Gasteiger partial charge in [0.15, 0.2) is 5.82 Å². The van der Waals surface area contributed by atoms with E-state index in [1.54, 1.807) is 17.1 Å². The molecule has 0 aromatic carbocycles. The van der Waals surface area contributed by atoms with E-state index in [4.69, 9.17) is 21.1 Å². The average Bonchev–Trinajstić information content (AvgIpc) is 3.51. The molecule has 2 aromatic rings. The molecule has 4 atom stereocenters. The van der Waals surface area contributed by atoms with Gasteiger partial charge in [-0.05, 0) is 12.8 Å². The largest absolute Gasteiger partial charge is 0.371 e. The van der Waals surface area contributed by atoms with Gasteiger partial charge in [0.05, 0.1) is 43.4 Å². The summed E-state index contributed by atoms with van der Waals surface area (Å²) in [7, 11) is 1.85. The Morgan fingerprint density at radius 1 is 1.13 bits per heavy atom. The minimum Gasteiger partial charge on any atom is -0.371 e. The van der Waals surface area contributed by atoms with E-state index in [2.05, 4.69) is 30.4 Å². The fourth-order valence-corrected chi connectivity index (χ4v) is 5.52. The lowest BCUT2D eigenvalue weighted by atomic mass is 10.1. The number of ether oxygens (including phenoxy) is 2. The molecule has 0 radical (unpaired) electrons. The highest BCUT2D eigenvalue weighted by Crippen LogP contribution is 2.33. The van der Waals surface area contributed by atoms with Crippen LogP contribution in [0.2, 0.25) is 5.02 Å². The van der Waals surface area contributed by atoms with E-state index in [0.717, 1.165) is 5.69 Å². The normalized spacial score (nSPS) is 28.7. The van der Waals surface area contributed by atoms with Crippen LogP contribution in [0, 0.1) is 0 Å². The highest BCUT2D eigenvalue weighted by Gasteiger charge is 2.48. The van der Waals surface area contributed by atoms with Gasteiger partial charge in [-0.3, -0.25) is 9.40 Å².